The number of carbonyl (C=O) groups excluding carboxylic acids is 1. The highest BCUT2D eigenvalue weighted by Crippen LogP contribution is 2.25. The van der Waals surface area contributed by atoms with Crippen molar-refractivity contribution in [2.24, 2.45) is 0 Å². The average Bonchev–Trinajstić information content (AvgIpc) is 2.26. The number of benzene rings is 1. The van der Waals surface area contributed by atoms with Crippen LogP contribution in [-0.4, -0.2) is 18.9 Å². The Morgan fingerprint density at radius 2 is 2.00 bits per heavy atom. The molecular weight excluding hydrogens is 249 g/mol. The second-order valence-electron chi connectivity index (χ2n) is 3.66. The zero-order valence-electron chi connectivity index (χ0n) is 10.0. The van der Waals surface area contributed by atoms with Crippen molar-refractivity contribution in [3.63, 3.8) is 0 Å². The topological polar surface area (TPSA) is 35.5 Å². The van der Waals surface area contributed by atoms with Crippen LogP contribution in [-0.2, 0) is 4.74 Å². The van der Waals surface area contributed by atoms with Gasteiger partial charge in [0.2, 0.25) is 0 Å². The molecule has 0 N–H and O–H groups in total. The van der Waals surface area contributed by atoms with Gasteiger partial charge in [-0.25, -0.2) is 4.79 Å². The van der Waals surface area contributed by atoms with E-state index in [9.17, 15) is 18.0 Å². The van der Waals surface area contributed by atoms with Crippen molar-refractivity contribution in [3.8, 4) is 5.75 Å². The summed E-state index contributed by atoms with van der Waals surface area (Å²) in [6, 6.07) is 3.56. The predicted octanol–water partition coefficient (Wildman–Crippen LogP) is 3.46. The van der Waals surface area contributed by atoms with Gasteiger partial charge in [0.15, 0.2) is 0 Å². The molecule has 0 saturated heterocycles. The van der Waals surface area contributed by atoms with Crippen molar-refractivity contribution in [1.82, 2.24) is 0 Å². The third kappa shape index (κ3) is 4.27. The lowest BCUT2D eigenvalue weighted by atomic mass is 10.1. The number of hydrogen-bond donors (Lipinski definition) is 0. The maximum absolute atomic E-state index is 12.0. The molecule has 1 aromatic rings. The van der Waals surface area contributed by atoms with Gasteiger partial charge in [-0.15, -0.1) is 13.2 Å². The molecule has 0 atom stereocenters. The Morgan fingerprint density at radius 1 is 1.33 bits per heavy atom. The molecule has 0 spiro atoms. The number of aryl methyl sites for hydroxylation is 1. The fourth-order valence-electron chi connectivity index (χ4n) is 1.29. The Hall–Kier alpha value is -1.72. The zero-order chi connectivity index (χ0) is 13.8. The third-order valence-electron chi connectivity index (χ3n) is 2.10. The molecule has 0 heterocycles. The second-order valence-corrected chi connectivity index (χ2v) is 3.66. The van der Waals surface area contributed by atoms with Crippen LogP contribution in [0.2, 0.25) is 0 Å². The molecule has 1 aromatic carbocycles. The normalized spacial score (nSPS) is 11.2. The average molecular weight is 262 g/mol. The molecular formula is C12H13F3O3. The number of alkyl halides is 3. The summed E-state index contributed by atoms with van der Waals surface area (Å²) in [4.78, 5) is 11.6. The summed E-state index contributed by atoms with van der Waals surface area (Å²) in [6.45, 7) is 3.66. The number of ether oxygens (including phenoxy) is 2. The highest BCUT2D eigenvalue weighted by molar-refractivity contribution is 5.91. The van der Waals surface area contributed by atoms with Gasteiger partial charge in [0.1, 0.15) is 5.75 Å². The molecule has 100 valence electrons. The van der Waals surface area contributed by atoms with Gasteiger partial charge in [-0.1, -0.05) is 13.0 Å². The van der Waals surface area contributed by atoms with E-state index >= 15 is 0 Å². The van der Waals surface area contributed by atoms with Crippen LogP contribution in [0.15, 0.2) is 18.2 Å². The van der Waals surface area contributed by atoms with Gasteiger partial charge >= 0.3 is 12.3 Å². The molecule has 18 heavy (non-hydrogen) atoms. The van der Waals surface area contributed by atoms with Gasteiger partial charge in [0, 0.05) is 0 Å². The number of hydrogen-bond acceptors (Lipinski definition) is 3. The first-order valence-corrected chi connectivity index (χ1v) is 5.37. The van der Waals surface area contributed by atoms with Crippen LogP contribution in [0.5, 0.6) is 5.75 Å². The van der Waals surface area contributed by atoms with Gasteiger partial charge in [-0.3, -0.25) is 0 Å². The van der Waals surface area contributed by atoms with Crippen LogP contribution < -0.4 is 4.74 Å². The lowest BCUT2D eigenvalue weighted by Gasteiger charge is -2.11. The molecule has 0 radical (unpaired) electrons. The van der Waals surface area contributed by atoms with Crippen molar-refractivity contribution in [2.45, 2.75) is 26.6 Å². The molecule has 0 aliphatic rings. The molecule has 0 aliphatic heterocycles. The summed E-state index contributed by atoms with van der Waals surface area (Å²) in [7, 11) is 0. The Labute approximate surface area is 103 Å². The first-order chi connectivity index (χ1) is 8.33. The largest absolute Gasteiger partial charge is 0.573 e. The quantitative estimate of drug-likeness (QED) is 0.779. The number of esters is 1. The van der Waals surface area contributed by atoms with E-state index < -0.39 is 18.1 Å². The molecule has 0 unspecified atom stereocenters. The highest BCUT2D eigenvalue weighted by Gasteiger charge is 2.31. The maximum Gasteiger partial charge on any atom is 0.573 e. The van der Waals surface area contributed by atoms with Crippen molar-refractivity contribution >= 4 is 5.97 Å². The van der Waals surface area contributed by atoms with Gasteiger partial charge in [0.05, 0.1) is 12.2 Å². The summed E-state index contributed by atoms with van der Waals surface area (Å²) < 4.78 is 44.7. The highest BCUT2D eigenvalue weighted by atomic mass is 19.4. The number of rotatable bonds is 4. The zero-order valence-corrected chi connectivity index (χ0v) is 10.0. The van der Waals surface area contributed by atoms with Crippen LogP contribution in [0.4, 0.5) is 13.2 Å². The Kier molecular flexibility index (Phi) is 4.58. The fourth-order valence-corrected chi connectivity index (χ4v) is 1.29. The molecule has 0 aromatic heterocycles. The molecule has 0 fully saturated rings. The molecule has 0 aliphatic carbocycles. The first kappa shape index (κ1) is 14.3. The van der Waals surface area contributed by atoms with E-state index in [0.717, 1.165) is 12.1 Å². The lowest BCUT2D eigenvalue weighted by molar-refractivity contribution is -0.274. The lowest BCUT2D eigenvalue weighted by Crippen LogP contribution is -2.17. The van der Waals surface area contributed by atoms with E-state index in [1.165, 1.54) is 6.07 Å². The van der Waals surface area contributed by atoms with Crippen LogP contribution in [0.1, 0.15) is 29.3 Å². The number of carbonyl (C=O) groups is 1. The second kappa shape index (κ2) is 5.75. The minimum atomic E-state index is -4.78. The molecule has 6 heteroatoms. The van der Waals surface area contributed by atoms with E-state index in [-0.39, 0.29) is 12.2 Å². The van der Waals surface area contributed by atoms with Crippen molar-refractivity contribution in [1.29, 1.82) is 0 Å². The maximum atomic E-state index is 12.0. The monoisotopic (exact) mass is 262 g/mol. The van der Waals surface area contributed by atoms with Crippen LogP contribution >= 0.6 is 0 Å². The van der Waals surface area contributed by atoms with Gasteiger partial charge < -0.3 is 9.47 Å². The minimum absolute atomic E-state index is 0.0743. The number of halogens is 3. The predicted molar refractivity (Wildman–Crippen MR) is 58.4 cm³/mol. The van der Waals surface area contributed by atoms with Gasteiger partial charge in [0.25, 0.3) is 0 Å². The smallest absolute Gasteiger partial charge is 0.462 e. The summed E-state index contributed by atoms with van der Waals surface area (Å²) >= 11 is 0. The van der Waals surface area contributed by atoms with E-state index in [1.54, 1.807) is 6.92 Å². The van der Waals surface area contributed by atoms with Gasteiger partial charge in [-0.2, -0.15) is 0 Å². The third-order valence-corrected chi connectivity index (χ3v) is 2.10. The molecule has 0 saturated carbocycles. The van der Waals surface area contributed by atoms with E-state index in [4.69, 9.17) is 4.74 Å². The van der Waals surface area contributed by atoms with Crippen molar-refractivity contribution in [3.05, 3.63) is 29.3 Å². The molecule has 0 bridgehead atoms. The van der Waals surface area contributed by atoms with Crippen LogP contribution in [0.3, 0.4) is 0 Å². The fraction of sp³-hybridized carbons (Fsp3) is 0.417. The standard InChI is InChI=1S/C12H13F3O3/c1-3-6-17-11(16)10-7-9(5-4-8(10)2)18-12(13,14)15/h4-5,7H,3,6H2,1-2H3. The Balaban J connectivity index is 2.91. The van der Waals surface area contributed by atoms with Crippen molar-refractivity contribution < 1.29 is 27.4 Å². The van der Waals surface area contributed by atoms with Crippen LogP contribution in [0, 0.1) is 6.92 Å². The SMILES string of the molecule is CCCOC(=O)c1cc(OC(F)(F)F)ccc1C. The Bertz CT molecular complexity index is 427. The summed E-state index contributed by atoms with van der Waals surface area (Å²) in [5, 5.41) is 0. The van der Waals surface area contributed by atoms with Crippen LogP contribution in [0.25, 0.3) is 0 Å². The molecule has 0 amide bonds. The van der Waals surface area contributed by atoms with E-state index in [0.29, 0.717) is 12.0 Å². The molecule has 1 rings (SSSR count). The summed E-state index contributed by atoms with van der Waals surface area (Å²) in [5.41, 5.74) is 0.607. The van der Waals surface area contributed by atoms with Crippen molar-refractivity contribution in [2.75, 3.05) is 6.61 Å². The van der Waals surface area contributed by atoms with Gasteiger partial charge in [-0.05, 0) is 31.0 Å². The van der Waals surface area contributed by atoms with E-state index in [1.807, 2.05) is 6.92 Å². The first-order valence-electron chi connectivity index (χ1n) is 5.37. The summed E-state index contributed by atoms with van der Waals surface area (Å²) in [5.74, 6) is -1.08. The summed E-state index contributed by atoms with van der Waals surface area (Å²) in [6.07, 6.45) is -4.14. The van der Waals surface area contributed by atoms with E-state index in [2.05, 4.69) is 4.74 Å². The Morgan fingerprint density at radius 3 is 2.56 bits per heavy atom. The minimum Gasteiger partial charge on any atom is -0.462 e. The molecule has 3 nitrogen and oxygen atoms in total.